The molecule has 0 atom stereocenters. The Kier molecular flexibility index (Phi) is 4.26. The number of carbonyl (C=O) groups is 2. The number of hydrogen-bond donors (Lipinski definition) is 0. The van der Waals surface area contributed by atoms with E-state index in [-0.39, 0.29) is 11.7 Å². The third-order valence-corrected chi connectivity index (χ3v) is 4.49. The standard InChI is InChI=1S/C22H17N3O2/c1-24(18-7-3-2-4-8-18)22(27)17-12-10-16(11-13-17)21(26)19-15-23-20-9-5-6-14-25(19)20/h2-15H,1H3. The molecule has 0 fully saturated rings. The molecule has 132 valence electrons. The quantitative estimate of drug-likeness (QED) is 0.523. The van der Waals surface area contributed by atoms with E-state index in [0.717, 1.165) is 11.3 Å². The number of amides is 1. The number of rotatable bonds is 4. The van der Waals surface area contributed by atoms with Gasteiger partial charge in [0.25, 0.3) is 5.91 Å². The van der Waals surface area contributed by atoms with Gasteiger partial charge in [-0.05, 0) is 36.4 Å². The lowest BCUT2D eigenvalue weighted by atomic mass is 10.1. The van der Waals surface area contributed by atoms with Crippen LogP contribution in [0.5, 0.6) is 0 Å². The smallest absolute Gasteiger partial charge is 0.258 e. The molecule has 2 heterocycles. The van der Waals surface area contributed by atoms with Crippen LogP contribution in [-0.2, 0) is 0 Å². The molecule has 1 amide bonds. The van der Waals surface area contributed by atoms with Gasteiger partial charge >= 0.3 is 0 Å². The predicted molar refractivity (Wildman–Crippen MR) is 104 cm³/mol. The maximum absolute atomic E-state index is 12.8. The average molecular weight is 355 g/mol. The van der Waals surface area contributed by atoms with E-state index in [1.54, 1.807) is 46.8 Å². The molecule has 5 heteroatoms. The fraction of sp³-hybridized carbons (Fsp3) is 0.0455. The molecule has 0 bridgehead atoms. The van der Waals surface area contributed by atoms with Crippen LogP contribution in [-0.4, -0.2) is 28.1 Å². The van der Waals surface area contributed by atoms with Gasteiger partial charge in [0.2, 0.25) is 5.78 Å². The number of imidazole rings is 1. The van der Waals surface area contributed by atoms with E-state index >= 15 is 0 Å². The second-order valence-electron chi connectivity index (χ2n) is 6.18. The van der Waals surface area contributed by atoms with Gasteiger partial charge < -0.3 is 4.90 Å². The number of anilines is 1. The van der Waals surface area contributed by atoms with Crippen molar-refractivity contribution in [2.45, 2.75) is 0 Å². The summed E-state index contributed by atoms with van der Waals surface area (Å²) in [5.41, 5.74) is 3.06. The molecule has 0 radical (unpaired) electrons. The third kappa shape index (κ3) is 3.11. The summed E-state index contributed by atoms with van der Waals surface area (Å²) in [5.74, 6) is -0.265. The Balaban J connectivity index is 1.58. The zero-order chi connectivity index (χ0) is 18.8. The normalized spacial score (nSPS) is 10.7. The fourth-order valence-corrected chi connectivity index (χ4v) is 2.98. The first-order valence-corrected chi connectivity index (χ1v) is 8.55. The van der Waals surface area contributed by atoms with Crippen molar-refractivity contribution in [2.24, 2.45) is 0 Å². The average Bonchev–Trinajstić information content (AvgIpc) is 3.17. The van der Waals surface area contributed by atoms with Gasteiger partial charge in [-0.1, -0.05) is 36.4 Å². The van der Waals surface area contributed by atoms with Crippen LogP contribution < -0.4 is 4.90 Å². The fourth-order valence-electron chi connectivity index (χ4n) is 2.98. The first-order chi connectivity index (χ1) is 13.1. The molecule has 4 aromatic rings. The van der Waals surface area contributed by atoms with Crippen LogP contribution in [0.1, 0.15) is 26.4 Å². The first kappa shape index (κ1) is 16.7. The van der Waals surface area contributed by atoms with E-state index in [2.05, 4.69) is 4.98 Å². The second-order valence-corrected chi connectivity index (χ2v) is 6.18. The van der Waals surface area contributed by atoms with Gasteiger partial charge in [0.1, 0.15) is 11.3 Å². The Morgan fingerprint density at radius 3 is 2.26 bits per heavy atom. The molecular weight excluding hydrogens is 338 g/mol. The summed E-state index contributed by atoms with van der Waals surface area (Å²) in [5, 5.41) is 0. The zero-order valence-electron chi connectivity index (χ0n) is 14.7. The van der Waals surface area contributed by atoms with E-state index in [0.29, 0.717) is 16.8 Å². The summed E-state index contributed by atoms with van der Waals surface area (Å²) < 4.78 is 1.75. The van der Waals surface area contributed by atoms with Crippen molar-refractivity contribution in [3.8, 4) is 0 Å². The van der Waals surface area contributed by atoms with Crippen LogP contribution in [0.4, 0.5) is 5.69 Å². The second kappa shape index (κ2) is 6.88. The van der Waals surface area contributed by atoms with Crippen molar-refractivity contribution in [2.75, 3.05) is 11.9 Å². The third-order valence-electron chi connectivity index (χ3n) is 4.49. The van der Waals surface area contributed by atoms with Crippen LogP contribution in [0, 0.1) is 0 Å². The first-order valence-electron chi connectivity index (χ1n) is 8.55. The Hall–Kier alpha value is -3.73. The lowest BCUT2D eigenvalue weighted by Gasteiger charge is -2.17. The van der Waals surface area contributed by atoms with Crippen LogP contribution in [0.3, 0.4) is 0 Å². The minimum absolute atomic E-state index is 0.130. The van der Waals surface area contributed by atoms with Gasteiger partial charge in [-0.25, -0.2) is 4.98 Å². The maximum atomic E-state index is 12.8. The molecule has 0 aliphatic heterocycles. The monoisotopic (exact) mass is 355 g/mol. The summed E-state index contributed by atoms with van der Waals surface area (Å²) >= 11 is 0. The number of aromatic nitrogens is 2. The molecule has 5 nitrogen and oxygen atoms in total. The van der Waals surface area contributed by atoms with Gasteiger partial charge in [0.05, 0.1) is 6.20 Å². The summed E-state index contributed by atoms with van der Waals surface area (Å²) in [6, 6.07) is 21.7. The van der Waals surface area contributed by atoms with Crippen molar-refractivity contribution >= 4 is 23.0 Å². The van der Waals surface area contributed by atoms with Gasteiger partial charge in [0.15, 0.2) is 0 Å². The number of pyridine rings is 1. The number of benzene rings is 2. The molecule has 0 aliphatic carbocycles. The van der Waals surface area contributed by atoms with Gasteiger partial charge in [0, 0.05) is 30.1 Å². The van der Waals surface area contributed by atoms with E-state index in [1.165, 1.54) is 0 Å². The number of hydrogen-bond acceptors (Lipinski definition) is 3. The van der Waals surface area contributed by atoms with Gasteiger partial charge in [-0.2, -0.15) is 0 Å². The summed E-state index contributed by atoms with van der Waals surface area (Å²) in [7, 11) is 1.73. The molecule has 0 N–H and O–H groups in total. The van der Waals surface area contributed by atoms with E-state index < -0.39 is 0 Å². The number of nitrogens with zero attached hydrogens (tertiary/aromatic N) is 3. The molecule has 0 aliphatic rings. The van der Waals surface area contributed by atoms with Crippen molar-refractivity contribution < 1.29 is 9.59 Å². The van der Waals surface area contributed by atoms with Crippen LogP contribution in [0.15, 0.2) is 85.2 Å². The SMILES string of the molecule is CN(C(=O)c1ccc(C(=O)c2cnc3ccccn23)cc1)c1ccccc1. The Morgan fingerprint density at radius 1 is 0.852 bits per heavy atom. The molecule has 27 heavy (non-hydrogen) atoms. The summed E-state index contributed by atoms with van der Waals surface area (Å²) in [4.78, 5) is 31.3. The highest BCUT2D eigenvalue weighted by Gasteiger charge is 2.17. The topological polar surface area (TPSA) is 54.7 Å². The molecule has 0 unspecified atom stereocenters. The van der Waals surface area contributed by atoms with E-state index in [1.807, 2.05) is 54.7 Å². The minimum atomic E-state index is -0.135. The molecule has 2 aromatic carbocycles. The number of para-hydroxylation sites is 1. The molecule has 2 aromatic heterocycles. The van der Waals surface area contributed by atoms with Crippen molar-refractivity contribution in [3.63, 3.8) is 0 Å². The number of fused-ring (bicyclic) bond motifs is 1. The van der Waals surface area contributed by atoms with Crippen molar-refractivity contribution in [1.82, 2.24) is 9.38 Å². The molecule has 0 saturated heterocycles. The largest absolute Gasteiger partial charge is 0.311 e. The predicted octanol–water partition coefficient (Wildman–Crippen LogP) is 3.84. The zero-order valence-corrected chi connectivity index (χ0v) is 14.7. The number of carbonyl (C=O) groups excluding carboxylic acids is 2. The summed E-state index contributed by atoms with van der Waals surface area (Å²) in [6.45, 7) is 0. The molecule has 0 spiro atoms. The minimum Gasteiger partial charge on any atom is -0.311 e. The highest BCUT2D eigenvalue weighted by atomic mass is 16.2. The Bertz CT molecular complexity index is 1120. The highest BCUT2D eigenvalue weighted by Crippen LogP contribution is 2.17. The molecular formula is C22H17N3O2. The van der Waals surface area contributed by atoms with Crippen LogP contribution in [0.2, 0.25) is 0 Å². The van der Waals surface area contributed by atoms with Crippen LogP contribution in [0.25, 0.3) is 5.65 Å². The lowest BCUT2D eigenvalue weighted by Crippen LogP contribution is -2.26. The highest BCUT2D eigenvalue weighted by molar-refractivity contribution is 6.10. The Labute approximate surface area is 156 Å². The van der Waals surface area contributed by atoms with E-state index in [4.69, 9.17) is 0 Å². The molecule has 0 saturated carbocycles. The van der Waals surface area contributed by atoms with E-state index in [9.17, 15) is 9.59 Å². The lowest BCUT2D eigenvalue weighted by molar-refractivity contribution is 0.0990. The van der Waals surface area contributed by atoms with Crippen molar-refractivity contribution in [1.29, 1.82) is 0 Å². The Morgan fingerprint density at radius 2 is 1.52 bits per heavy atom. The van der Waals surface area contributed by atoms with Gasteiger partial charge in [-0.15, -0.1) is 0 Å². The van der Waals surface area contributed by atoms with Crippen molar-refractivity contribution in [3.05, 3.63) is 102 Å². The van der Waals surface area contributed by atoms with Gasteiger partial charge in [-0.3, -0.25) is 14.0 Å². The summed E-state index contributed by atoms with van der Waals surface area (Å²) in [6.07, 6.45) is 3.38. The number of ketones is 1. The molecule has 4 rings (SSSR count). The maximum Gasteiger partial charge on any atom is 0.258 e. The van der Waals surface area contributed by atoms with Crippen LogP contribution >= 0.6 is 0 Å².